The number of hydrogen-bond donors (Lipinski definition) is 0. The first-order chi connectivity index (χ1) is 29.3. The molecule has 0 saturated carbocycles. The number of aryl methyl sites for hydroxylation is 2. The Morgan fingerprint density at radius 3 is 1.35 bits per heavy atom. The minimum atomic E-state index is 0.464. The van der Waals surface area contributed by atoms with Gasteiger partial charge in [0.1, 0.15) is 23.7 Å². The van der Waals surface area contributed by atoms with Crippen molar-refractivity contribution in [1.29, 1.82) is 10.5 Å². The van der Waals surface area contributed by atoms with E-state index >= 15 is 0 Å². The molecule has 292 valence electrons. The number of rotatable bonds is 8. The van der Waals surface area contributed by atoms with E-state index in [2.05, 4.69) is 67.1 Å². The molecule has 8 nitrogen and oxygen atoms in total. The van der Waals surface area contributed by atoms with E-state index in [1.165, 1.54) is 0 Å². The van der Waals surface area contributed by atoms with E-state index in [-0.39, 0.29) is 0 Å². The summed E-state index contributed by atoms with van der Waals surface area (Å²) in [6, 6.07) is 28.2. The van der Waals surface area contributed by atoms with E-state index < -0.39 is 0 Å². The Balaban J connectivity index is 0.000000154. The Labute approximate surface area is 372 Å². The van der Waals surface area contributed by atoms with Crippen molar-refractivity contribution in [3.63, 3.8) is 0 Å². The maximum absolute atomic E-state index is 8.82. The Bertz CT molecular complexity index is 3080. The Hall–Kier alpha value is -5.82. The van der Waals surface area contributed by atoms with E-state index in [0.29, 0.717) is 45.8 Å². The molecule has 0 amide bonds. The third-order valence-electron chi connectivity index (χ3n) is 10.2. The van der Waals surface area contributed by atoms with Gasteiger partial charge in [-0.3, -0.25) is 19.1 Å². The molecule has 6 aromatic heterocycles. The molecule has 0 fully saturated rings. The molecule has 4 aromatic carbocycles. The highest BCUT2D eigenvalue weighted by molar-refractivity contribution is 7.08. The third kappa shape index (κ3) is 7.59. The number of benzene rings is 4. The lowest BCUT2D eigenvalue weighted by atomic mass is 10.0. The smallest absolute Gasteiger partial charge is 0.108 e. The van der Waals surface area contributed by atoms with Crippen LogP contribution in [-0.4, -0.2) is 29.1 Å². The quantitative estimate of drug-likeness (QED) is 0.150. The first kappa shape index (κ1) is 39.6. The highest BCUT2D eigenvalue weighted by atomic mass is 35.5. The molecular weight excluding hydrogens is 871 g/mol. The molecule has 0 unspecified atom stereocenters. The normalized spacial score (nSPS) is 11.2. The van der Waals surface area contributed by atoms with Crippen LogP contribution in [0.15, 0.2) is 119 Å². The number of thiophene rings is 2. The minimum absolute atomic E-state index is 0.464. The van der Waals surface area contributed by atoms with E-state index in [1.807, 2.05) is 68.4 Å². The molecule has 0 N–H and O–H groups in total. The summed E-state index contributed by atoms with van der Waals surface area (Å²) in [6.07, 6.45) is 9.32. The van der Waals surface area contributed by atoms with Crippen LogP contribution in [0.1, 0.15) is 24.0 Å². The number of imidazole rings is 2. The Morgan fingerprint density at radius 1 is 0.517 bits per heavy atom. The molecule has 0 atom stereocenters. The second kappa shape index (κ2) is 17.0. The number of hydrogen-bond acceptors (Lipinski definition) is 8. The van der Waals surface area contributed by atoms with Crippen LogP contribution in [0.25, 0.3) is 77.5 Å². The van der Waals surface area contributed by atoms with Gasteiger partial charge in [0.05, 0.1) is 78.1 Å². The van der Waals surface area contributed by atoms with Crippen molar-refractivity contribution in [2.45, 2.75) is 25.7 Å². The van der Waals surface area contributed by atoms with Crippen LogP contribution >= 0.6 is 69.1 Å². The summed E-state index contributed by atoms with van der Waals surface area (Å²) in [5, 5.41) is 30.3. The summed E-state index contributed by atoms with van der Waals surface area (Å²) in [7, 11) is 0. The summed E-state index contributed by atoms with van der Waals surface area (Å²) >= 11 is 29.6. The van der Waals surface area contributed by atoms with Crippen molar-refractivity contribution in [1.82, 2.24) is 29.1 Å². The van der Waals surface area contributed by atoms with Gasteiger partial charge in [-0.1, -0.05) is 58.5 Å². The van der Waals surface area contributed by atoms with Crippen molar-refractivity contribution < 1.29 is 0 Å². The molecule has 10 aromatic rings. The van der Waals surface area contributed by atoms with Crippen LogP contribution in [0.5, 0.6) is 0 Å². The number of nitrogens with zero attached hydrogens (tertiary/aromatic N) is 8. The van der Waals surface area contributed by atoms with E-state index in [0.717, 1.165) is 88.6 Å². The second-order valence-corrected chi connectivity index (χ2v) is 17.0. The highest BCUT2D eigenvalue weighted by Crippen LogP contribution is 2.38. The molecular formula is C46H28Cl4N8S2. The summed E-state index contributed by atoms with van der Waals surface area (Å²) in [6.45, 7) is 0. The average molecular weight is 899 g/mol. The zero-order valence-electron chi connectivity index (χ0n) is 31.3. The van der Waals surface area contributed by atoms with Gasteiger partial charge in [-0.05, 0) is 117 Å². The zero-order valence-corrected chi connectivity index (χ0v) is 35.9. The van der Waals surface area contributed by atoms with Crippen LogP contribution in [0.2, 0.25) is 20.1 Å². The van der Waals surface area contributed by atoms with Crippen LogP contribution in [0.4, 0.5) is 0 Å². The number of pyridine rings is 2. The van der Waals surface area contributed by atoms with Gasteiger partial charge >= 0.3 is 0 Å². The first-order valence-corrected chi connectivity index (χ1v) is 22.0. The molecule has 0 aliphatic rings. The molecule has 10 rings (SSSR count). The maximum Gasteiger partial charge on any atom is 0.108 e. The maximum atomic E-state index is 8.82. The van der Waals surface area contributed by atoms with Crippen LogP contribution in [0, 0.1) is 22.7 Å². The monoisotopic (exact) mass is 896 g/mol. The van der Waals surface area contributed by atoms with Gasteiger partial charge in [-0.25, -0.2) is 9.97 Å². The first-order valence-electron chi connectivity index (χ1n) is 18.6. The van der Waals surface area contributed by atoms with Gasteiger partial charge in [0.15, 0.2) is 0 Å². The number of aromatic nitrogens is 6. The predicted molar refractivity (Wildman–Crippen MR) is 247 cm³/mol. The average Bonchev–Trinajstić information content (AvgIpc) is 4.10. The Morgan fingerprint density at radius 2 is 0.967 bits per heavy atom. The lowest BCUT2D eigenvalue weighted by molar-refractivity contribution is 1.00. The van der Waals surface area contributed by atoms with Gasteiger partial charge in [0, 0.05) is 34.7 Å². The zero-order chi connectivity index (χ0) is 41.3. The van der Waals surface area contributed by atoms with Crippen LogP contribution in [-0.2, 0) is 12.8 Å². The van der Waals surface area contributed by atoms with Crippen molar-refractivity contribution in [3.05, 3.63) is 151 Å². The number of nitriles is 2. The fraction of sp³-hybridized carbons (Fsp3) is 0.0870. The molecule has 60 heavy (non-hydrogen) atoms. The molecule has 6 heterocycles. The van der Waals surface area contributed by atoms with Gasteiger partial charge in [0.2, 0.25) is 0 Å². The topological polar surface area (TPSA) is 109 Å². The summed E-state index contributed by atoms with van der Waals surface area (Å²) in [5.74, 6) is 0. The van der Waals surface area contributed by atoms with Gasteiger partial charge in [-0.2, -0.15) is 33.2 Å². The summed E-state index contributed by atoms with van der Waals surface area (Å²) in [4.78, 5) is 18.2. The molecule has 0 bridgehead atoms. The van der Waals surface area contributed by atoms with E-state index in [1.54, 1.807) is 47.7 Å². The Kier molecular flexibility index (Phi) is 11.3. The summed E-state index contributed by atoms with van der Waals surface area (Å²) in [5.41, 5.74) is 12.8. The molecule has 0 saturated heterocycles. The van der Waals surface area contributed by atoms with Crippen molar-refractivity contribution in [2.75, 3.05) is 0 Å². The SMILES string of the molecule is N#CCCc1ccc(-n2cnc3cnc4cc(Cl)c(-c5ccsc5)cc4c32)c(Cl)c1.N#CCCc1ccc(-n2cnc3cnc4cc(Cl)c(-c5ccsc5)cc4c32)c(Cl)c1. The lowest BCUT2D eigenvalue weighted by Gasteiger charge is -2.11. The predicted octanol–water partition coefficient (Wildman–Crippen LogP) is 14.1. The largest absolute Gasteiger partial charge is 0.297 e. The van der Waals surface area contributed by atoms with Crippen molar-refractivity contribution >= 4 is 113 Å². The molecule has 0 spiro atoms. The molecule has 0 aliphatic heterocycles. The fourth-order valence-corrected chi connectivity index (χ4v) is 9.71. The van der Waals surface area contributed by atoms with Gasteiger partial charge in [-0.15, -0.1) is 0 Å². The van der Waals surface area contributed by atoms with Crippen molar-refractivity contribution in [3.8, 4) is 45.8 Å². The second-order valence-electron chi connectivity index (χ2n) is 13.8. The molecule has 14 heteroatoms. The standard InChI is InChI=1S/2C23H14Cl2N4S/c2*24-18-10-20-17(9-16(18)15-5-7-30-12-15)23-21(11-27-20)28-13-29(23)22-4-3-14(2-1-6-26)8-19(22)25/h2*3-5,7-13H,1-2H2. The van der Waals surface area contributed by atoms with Crippen LogP contribution in [0.3, 0.4) is 0 Å². The molecule has 0 radical (unpaired) electrons. The van der Waals surface area contributed by atoms with Crippen molar-refractivity contribution in [2.24, 2.45) is 0 Å². The molecule has 0 aliphatic carbocycles. The minimum Gasteiger partial charge on any atom is -0.297 e. The van der Waals surface area contributed by atoms with E-state index in [4.69, 9.17) is 56.9 Å². The lowest BCUT2D eigenvalue weighted by Crippen LogP contribution is -1.96. The third-order valence-corrected chi connectivity index (χ3v) is 12.8. The van der Waals surface area contributed by atoms with E-state index in [9.17, 15) is 0 Å². The highest BCUT2D eigenvalue weighted by Gasteiger charge is 2.17. The van der Waals surface area contributed by atoms with Gasteiger partial charge < -0.3 is 0 Å². The number of halogens is 4. The number of fused-ring (bicyclic) bond motifs is 6. The summed E-state index contributed by atoms with van der Waals surface area (Å²) < 4.78 is 3.97. The van der Waals surface area contributed by atoms with Crippen LogP contribution < -0.4 is 0 Å². The fourth-order valence-electron chi connectivity index (χ4n) is 7.27. The van der Waals surface area contributed by atoms with Gasteiger partial charge in [0.25, 0.3) is 0 Å².